The fourth-order valence-corrected chi connectivity index (χ4v) is 1.57. The van der Waals surface area contributed by atoms with Crippen molar-refractivity contribution in [1.29, 1.82) is 0 Å². The van der Waals surface area contributed by atoms with E-state index in [0.29, 0.717) is 5.69 Å². The molecule has 5 heteroatoms. The molecule has 0 unspecified atom stereocenters. The summed E-state index contributed by atoms with van der Waals surface area (Å²) in [5.74, 6) is 0. The van der Waals surface area contributed by atoms with Crippen LogP contribution < -0.4 is 16.6 Å². The van der Waals surface area contributed by atoms with Crippen molar-refractivity contribution in [2.75, 3.05) is 5.32 Å². The van der Waals surface area contributed by atoms with E-state index < -0.39 is 5.69 Å². The number of hydrogen-bond donors (Lipinski definition) is 2. The molecule has 0 atom stereocenters. The Kier molecular flexibility index (Phi) is 3.43. The summed E-state index contributed by atoms with van der Waals surface area (Å²) in [7, 11) is 0. The topological polar surface area (TPSA) is 66.9 Å². The van der Waals surface area contributed by atoms with Gasteiger partial charge in [-0.15, -0.1) is 6.58 Å². The van der Waals surface area contributed by atoms with Crippen LogP contribution in [0.15, 0.2) is 58.8 Å². The number of hydrogen-bond acceptors (Lipinski definition) is 3. The van der Waals surface area contributed by atoms with Gasteiger partial charge in [0.1, 0.15) is 5.69 Å². The predicted octanol–water partition coefficient (Wildman–Crippen LogP) is 1.47. The van der Waals surface area contributed by atoms with Crippen LogP contribution in [0.3, 0.4) is 0 Å². The molecule has 0 saturated carbocycles. The monoisotopic (exact) mass is 243 g/mol. The molecule has 0 aliphatic heterocycles. The molecule has 0 spiro atoms. The van der Waals surface area contributed by atoms with E-state index in [9.17, 15) is 9.59 Å². The van der Waals surface area contributed by atoms with Crippen molar-refractivity contribution < 1.29 is 0 Å². The fraction of sp³-hybridized carbons (Fsp3) is 0.0769. The third-order valence-electron chi connectivity index (χ3n) is 2.43. The second kappa shape index (κ2) is 5.18. The van der Waals surface area contributed by atoms with Gasteiger partial charge in [-0.05, 0) is 12.1 Å². The third-order valence-corrected chi connectivity index (χ3v) is 2.43. The quantitative estimate of drug-likeness (QED) is 0.799. The van der Waals surface area contributed by atoms with Crippen LogP contribution in [-0.4, -0.2) is 9.55 Å². The van der Waals surface area contributed by atoms with Crippen LogP contribution >= 0.6 is 0 Å². The molecule has 2 aromatic rings. The average molecular weight is 243 g/mol. The van der Waals surface area contributed by atoms with E-state index in [2.05, 4.69) is 16.9 Å². The number of allylic oxidation sites excluding steroid dienone is 1. The smallest absolute Gasteiger partial charge is 0.328 e. The fourth-order valence-electron chi connectivity index (χ4n) is 1.57. The summed E-state index contributed by atoms with van der Waals surface area (Å²) in [5.41, 5.74) is 0.287. The number of benzene rings is 1. The van der Waals surface area contributed by atoms with Gasteiger partial charge in [0.15, 0.2) is 0 Å². The summed E-state index contributed by atoms with van der Waals surface area (Å²) in [5, 5.41) is 2.96. The normalized spacial score (nSPS) is 10.0. The molecule has 0 aliphatic rings. The van der Waals surface area contributed by atoms with Crippen molar-refractivity contribution in [3.63, 3.8) is 0 Å². The van der Waals surface area contributed by atoms with Gasteiger partial charge in [0.2, 0.25) is 0 Å². The number of rotatable bonds is 4. The second-order valence-electron chi connectivity index (χ2n) is 3.70. The first-order valence-electron chi connectivity index (χ1n) is 5.48. The van der Waals surface area contributed by atoms with Crippen molar-refractivity contribution in [1.82, 2.24) is 9.55 Å². The minimum absolute atomic E-state index is 0.179. The highest BCUT2D eigenvalue weighted by molar-refractivity contribution is 5.57. The van der Waals surface area contributed by atoms with Gasteiger partial charge >= 0.3 is 5.69 Å². The van der Waals surface area contributed by atoms with Gasteiger partial charge in [0.25, 0.3) is 5.56 Å². The van der Waals surface area contributed by atoms with Gasteiger partial charge in [-0.1, -0.05) is 24.3 Å². The van der Waals surface area contributed by atoms with Crippen LogP contribution in [0.1, 0.15) is 0 Å². The number of anilines is 2. The number of H-pyrrole nitrogens is 1. The molecule has 0 amide bonds. The lowest BCUT2D eigenvalue weighted by Crippen LogP contribution is -2.35. The van der Waals surface area contributed by atoms with Crippen molar-refractivity contribution in [3.05, 3.63) is 70.0 Å². The number of aromatic amines is 1. The molecule has 18 heavy (non-hydrogen) atoms. The van der Waals surface area contributed by atoms with E-state index in [1.807, 2.05) is 30.3 Å². The molecule has 92 valence electrons. The Morgan fingerprint density at radius 1 is 1.28 bits per heavy atom. The largest absolute Gasteiger partial charge is 0.350 e. The Bertz CT molecular complexity index is 656. The molecule has 1 heterocycles. The number of nitrogens with one attached hydrogen (secondary N) is 2. The molecule has 1 aromatic heterocycles. The minimum atomic E-state index is -0.446. The molecule has 2 rings (SSSR count). The van der Waals surface area contributed by atoms with E-state index in [4.69, 9.17) is 0 Å². The Morgan fingerprint density at radius 3 is 2.67 bits per heavy atom. The van der Waals surface area contributed by atoms with Crippen LogP contribution in [0, 0.1) is 0 Å². The molecular weight excluding hydrogens is 230 g/mol. The van der Waals surface area contributed by atoms with Crippen LogP contribution in [-0.2, 0) is 6.54 Å². The summed E-state index contributed by atoms with van der Waals surface area (Å²) < 4.78 is 1.08. The summed E-state index contributed by atoms with van der Waals surface area (Å²) in [6, 6.07) is 9.27. The lowest BCUT2D eigenvalue weighted by Gasteiger charge is -2.07. The first kappa shape index (κ1) is 11.9. The minimum Gasteiger partial charge on any atom is -0.350 e. The Labute approximate surface area is 103 Å². The highest BCUT2D eigenvalue weighted by Crippen LogP contribution is 2.10. The van der Waals surface area contributed by atoms with Crippen molar-refractivity contribution in [3.8, 4) is 0 Å². The molecule has 1 aromatic carbocycles. The van der Waals surface area contributed by atoms with Gasteiger partial charge in [-0.25, -0.2) is 4.79 Å². The van der Waals surface area contributed by atoms with Crippen LogP contribution in [0.4, 0.5) is 11.4 Å². The SMILES string of the molecule is C=CCn1c(=O)[nH]cc(Nc2ccccc2)c1=O. The molecule has 0 aliphatic carbocycles. The van der Waals surface area contributed by atoms with E-state index in [1.54, 1.807) is 0 Å². The van der Waals surface area contributed by atoms with Gasteiger partial charge < -0.3 is 10.3 Å². The van der Waals surface area contributed by atoms with Gasteiger partial charge in [0.05, 0.1) is 0 Å². The molecule has 2 N–H and O–H groups in total. The Hall–Kier alpha value is -2.56. The number of aromatic nitrogens is 2. The Morgan fingerprint density at radius 2 is 2.00 bits per heavy atom. The zero-order chi connectivity index (χ0) is 13.0. The number of para-hydroxylation sites is 1. The summed E-state index contributed by atoms with van der Waals surface area (Å²) >= 11 is 0. The highest BCUT2D eigenvalue weighted by atomic mass is 16.2. The number of nitrogens with zero attached hydrogens (tertiary/aromatic N) is 1. The van der Waals surface area contributed by atoms with Crippen molar-refractivity contribution in [2.45, 2.75) is 6.54 Å². The van der Waals surface area contributed by atoms with Crippen molar-refractivity contribution in [2.24, 2.45) is 0 Å². The zero-order valence-electron chi connectivity index (χ0n) is 9.72. The predicted molar refractivity (Wildman–Crippen MR) is 71.2 cm³/mol. The van der Waals surface area contributed by atoms with Gasteiger partial charge in [0, 0.05) is 18.4 Å². The van der Waals surface area contributed by atoms with Crippen LogP contribution in [0.25, 0.3) is 0 Å². The molecule has 0 fully saturated rings. The first-order valence-corrected chi connectivity index (χ1v) is 5.48. The molecule has 5 nitrogen and oxygen atoms in total. The lowest BCUT2D eigenvalue weighted by atomic mass is 10.3. The van der Waals surface area contributed by atoms with Crippen LogP contribution in [0.5, 0.6) is 0 Å². The maximum absolute atomic E-state index is 12.0. The van der Waals surface area contributed by atoms with Crippen LogP contribution in [0.2, 0.25) is 0 Å². The summed E-state index contributed by atoms with van der Waals surface area (Å²) in [6.45, 7) is 3.70. The molecule has 0 radical (unpaired) electrons. The lowest BCUT2D eigenvalue weighted by molar-refractivity contribution is 0.717. The van der Waals surface area contributed by atoms with Gasteiger partial charge in [-0.3, -0.25) is 9.36 Å². The summed E-state index contributed by atoms with van der Waals surface area (Å²) in [4.78, 5) is 26.0. The molecule has 0 saturated heterocycles. The van der Waals surface area contributed by atoms with Gasteiger partial charge in [-0.2, -0.15) is 0 Å². The maximum Gasteiger partial charge on any atom is 0.328 e. The Balaban J connectivity index is 2.41. The van der Waals surface area contributed by atoms with E-state index >= 15 is 0 Å². The zero-order valence-corrected chi connectivity index (χ0v) is 9.72. The van der Waals surface area contributed by atoms with E-state index in [-0.39, 0.29) is 12.1 Å². The van der Waals surface area contributed by atoms with E-state index in [0.717, 1.165) is 10.3 Å². The van der Waals surface area contributed by atoms with Crippen molar-refractivity contribution >= 4 is 11.4 Å². The third kappa shape index (κ3) is 2.40. The standard InChI is InChI=1S/C13H13N3O2/c1-2-8-16-12(17)11(9-14-13(16)18)15-10-6-4-3-5-7-10/h2-7,9,15H,1,8H2,(H,14,18). The average Bonchev–Trinajstić information content (AvgIpc) is 2.39. The molecular formula is C13H13N3O2. The summed E-state index contributed by atoms with van der Waals surface area (Å²) in [6.07, 6.45) is 2.88. The second-order valence-corrected chi connectivity index (χ2v) is 3.70. The molecule has 0 bridgehead atoms. The first-order chi connectivity index (χ1) is 8.72. The van der Waals surface area contributed by atoms with E-state index in [1.165, 1.54) is 12.3 Å². The maximum atomic E-state index is 12.0. The highest BCUT2D eigenvalue weighted by Gasteiger charge is 2.05.